The van der Waals surface area contributed by atoms with Gasteiger partial charge in [-0.05, 0) is 41.2 Å². The van der Waals surface area contributed by atoms with Crippen molar-refractivity contribution >= 4 is 18.0 Å². The summed E-state index contributed by atoms with van der Waals surface area (Å²) in [6.07, 6.45) is 4.90. The third-order valence-corrected chi connectivity index (χ3v) is 4.97. The molecule has 0 atom stereocenters. The van der Waals surface area contributed by atoms with Crippen LogP contribution in [0.15, 0.2) is 66.7 Å². The number of aromatic nitrogens is 1. The van der Waals surface area contributed by atoms with Gasteiger partial charge in [0.25, 0.3) is 0 Å². The number of ether oxygens (including phenoxy) is 2. The van der Waals surface area contributed by atoms with Crippen LogP contribution in [0, 0.1) is 5.92 Å². The van der Waals surface area contributed by atoms with Crippen molar-refractivity contribution in [3.63, 3.8) is 0 Å². The first kappa shape index (κ1) is 23.7. The monoisotopic (exact) mass is 445 g/mol. The maximum absolute atomic E-state index is 13.1. The van der Waals surface area contributed by atoms with E-state index in [1.165, 1.54) is 7.11 Å². The number of carboxylic acids is 1. The molecule has 1 aromatic heterocycles. The van der Waals surface area contributed by atoms with E-state index < -0.39 is 11.9 Å². The Morgan fingerprint density at radius 3 is 2.42 bits per heavy atom. The van der Waals surface area contributed by atoms with Gasteiger partial charge in [0.2, 0.25) is 5.88 Å². The number of hydrogen-bond donors (Lipinski definition) is 1. The molecule has 1 N–H and O–H groups in total. The van der Waals surface area contributed by atoms with E-state index in [1.54, 1.807) is 24.3 Å². The van der Waals surface area contributed by atoms with E-state index in [0.717, 1.165) is 17.5 Å². The van der Waals surface area contributed by atoms with Crippen LogP contribution in [0.4, 0.5) is 0 Å². The molecule has 6 nitrogen and oxygen atoms in total. The summed E-state index contributed by atoms with van der Waals surface area (Å²) in [5.74, 6) is -1.06. The molecular weight excluding hydrogens is 418 g/mol. The van der Waals surface area contributed by atoms with Crippen LogP contribution >= 0.6 is 0 Å². The van der Waals surface area contributed by atoms with Crippen LogP contribution in [0.2, 0.25) is 0 Å². The van der Waals surface area contributed by atoms with E-state index >= 15 is 0 Å². The Bertz CT molecular complexity index is 1150. The molecule has 3 aromatic rings. The van der Waals surface area contributed by atoms with Gasteiger partial charge in [-0.2, -0.15) is 0 Å². The zero-order chi connectivity index (χ0) is 23.8. The van der Waals surface area contributed by atoms with Gasteiger partial charge < -0.3 is 14.6 Å². The largest absolute Gasteiger partial charge is 0.481 e. The Morgan fingerprint density at radius 1 is 1.03 bits per heavy atom. The second-order valence-electron chi connectivity index (χ2n) is 7.95. The van der Waals surface area contributed by atoms with Crippen molar-refractivity contribution in [3.8, 4) is 17.0 Å². The normalized spacial score (nSPS) is 11.0. The summed E-state index contributed by atoms with van der Waals surface area (Å²) in [5, 5.41) is 9.71. The fourth-order valence-corrected chi connectivity index (χ4v) is 3.28. The minimum absolute atomic E-state index is 0.110. The van der Waals surface area contributed by atoms with Crippen molar-refractivity contribution in [2.24, 2.45) is 5.92 Å². The molecule has 6 heteroatoms. The second kappa shape index (κ2) is 11.1. The number of carboxylic acid groups (broad SMARTS) is 1. The number of allylic oxidation sites excluding steroid dienone is 1. The molecule has 0 aliphatic rings. The summed E-state index contributed by atoms with van der Waals surface area (Å²) >= 11 is 0. The van der Waals surface area contributed by atoms with E-state index in [-0.39, 0.29) is 23.7 Å². The fourth-order valence-electron chi connectivity index (χ4n) is 3.28. The zero-order valence-corrected chi connectivity index (χ0v) is 18.9. The Hall–Kier alpha value is -3.93. The molecule has 0 aliphatic heterocycles. The molecule has 0 bridgehead atoms. The van der Waals surface area contributed by atoms with E-state index in [0.29, 0.717) is 17.0 Å². The molecule has 0 spiro atoms. The molecule has 33 heavy (non-hydrogen) atoms. The fraction of sp³-hybridized carbons (Fsp3) is 0.222. The van der Waals surface area contributed by atoms with Crippen molar-refractivity contribution < 1.29 is 24.2 Å². The topological polar surface area (TPSA) is 85.7 Å². The van der Waals surface area contributed by atoms with Crippen molar-refractivity contribution in [2.75, 3.05) is 7.11 Å². The van der Waals surface area contributed by atoms with Gasteiger partial charge in [-0.25, -0.2) is 14.6 Å². The van der Waals surface area contributed by atoms with Crippen LogP contribution in [0.3, 0.4) is 0 Å². The molecule has 0 amide bonds. The highest BCUT2D eigenvalue weighted by atomic mass is 16.5. The Labute approximate surface area is 193 Å². The lowest BCUT2D eigenvalue weighted by atomic mass is 9.95. The lowest BCUT2D eigenvalue weighted by Gasteiger charge is -2.13. The first-order valence-electron chi connectivity index (χ1n) is 10.7. The molecule has 1 heterocycles. The predicted molar refractivity (Wildman–Crippen MR) is 127 cm³/mol. The average Bonchev–Trinajstić information content (AvgIpc) is 2.82. The quantitative estimate of drug-likeness (QED) is 0.415. The van der Waals surface area contributed by atoms with Gasteiger partial charge in [0.1, 0.15) is 6.61 Å². The van der Waals surface area contributed by atoms with Crippen LogP contribution < -0.4 is 4.74 Å². The Kier molecular flexibility index (Phi) is 7.97. The summed E-state index contributed by atoms with van der Waals surface area (Å²) in [6.45, 7) is 4.37. The van der Waals surface area contributed by atoms with Crippen LogP contribution in [0.25, 0.3) is 17.2 Å². The molecule has 170 valence electrons. The van der Waals surface area contributed by atoms with E-state index in [9.17, 15) is 14.7 Å². The summed E-state index contributed by atoms with van der Waals surface area (Å²) < 4.78 is 10.6. The maximum atomic E-state index is 13.1. The number of pyridine rings is 1. The number of hydrogen-bond acceptors (Lipinski definition) is 5. The van der Waals surface area contributed by atoms with Gasteiger partial charge in [0.05, 0.1) is 12.7 Å². The molecule has 0 fully saturated rings. The Morgan fingerprint density at radius 2 is 1.76 bits per heavy atom. The minimum Gasteiger partial charge on any atom is -0.481 e. The smallest absolute Gasteiger partial charge is 0.355 e. The van der Waals surface area contributed by atoms with Crippen molar-refractivity contribution in [3.05, 3.63) is 89.1 Å². The third kappa shape index (κ3) is 6.29. The van der Waals surface area contributed by atoms with Gasteiger partial charge in [-0.1, -0.05) is 68.5 Å². The minimum atomic E-state index is -1.21. The number of methoxy groups -OCH3 is 1. The molecular formula is C27H27NO5. The second-order valence-corrected chi connectivity index (χ2v) is 7.95. The standard InChI is InChI=1S/C27H27NO5/c1-18(2)8-7-11-19-12-13-21(22-14-15-24(32-3)28-25(22)26(29)30)23(16-19)27(31)33-17-20-9-5-4-6-10-20/h4-7,9-16,18H,8,17H2,1-3H3,(H,29,30)/b11-7+. The first-order valence-corrected chi connectivity index (χ1v) is 10.7. The van der Waals surface area contributed by atoms with Crippen molar-refractivity contribution in [2.45, 2.75) is 26.9 Å². The van der Waals surface area contributed by atoms with Crippen LogP contribution in [0.1, 0.15) is 52.2 Å². The van der Waals surface area contributed by atoms with Crippen molar-refractivity contribution in [1.82, 2.24) is 4.98 Å². The number of carbonyl (C=O) groups excluding carboxylic acids is 1. The van der Waals surface area contributed by atoms with Crippen LogP contribution in [0.5, 0.6) is 5.88 Å². The lowest BCUT2D eigenvalue weighted by Crippen LogP contribution is -2.10. The Balaban J connectivity index is 2.03. The summed E-state index contributed by atoms with van der Waals surface area (Å²) in [4.78, 5) is 29.1. The molecule has 0 saturated heterocycles. The summed E-state index contributed by atoms with van der Waals surface area (Å²) in [6, 6.07) is 17.8. The summed E-state index contributed by atoms with van der Waals surface area (Å²) in [7, 11) is 1.41. The van der Waals surface area contributed by atoms with Crippen LogP contribution in [-0.4, -0.2) is 29.1 Å². The van der Waals surface area contributed by atoms with Gasteiger partial charge in [0, 0.05) is 11.6 Å². The molecule has 0 unspecified atom stereocenters. The summed E-state index contributed by atoms with van der Waals surface area (Å²) in [5.41, 5.74) is 2.50. The highest BCUT2D eigenvalue weighted by Gasteiger charge is 2.21. The van der Waals surface area contributed by atoms with Gasteiger partial charge in [-0.3, -0.25) is 0 Å². The number of aromatic carboxylic acids is 1. The van der Waals surface area contributed by atoms with E-state index in [1.807, 2.05) is 42.5 Å². The maximum Gasteiger partial charge on any atom is 0.355 e. The van der Waals surface area contributed by atoms with Gasteiger partial charge >= 0.3 is 11.9 Å². The molecule has 3 rings (SSSR count). The highest BCUT2D eigenvalue weighted by Crippen LogP contribution is 2.30. The number of nitrogens with zero attached hydrogens (tertiary/aromatic N) is 1. The van der Waals surface area contributed by atoms with E-state index in [4.69, 9.17) is 9.47 Å². The number of benzene rings is 2. The number of carbonyl (C=O) groups is 2. The van der Waals surface area contributed by atoms with Gasteiger partial charge in [-0.15, -0.1) is 0 Å². The zero-order valence-electron chi connectivity index (χ0n) is 18.9. The number of rotatable bonds is 9. The number of esters is 1. The lowest BCUT2D eigenvalue weighted by molar-refractivity contribution is 0.0473. The highest BCUT2D eigenvalue weighted by molar-refractivity contribution is 6.02. The molecule has 0 saturated carbocycles. The average molecular weight is 446 g/mol. The van der Waals surface area contributed by atoms with Crippen molar-refractivity contribution in [1.29, 1.82) is 0 Å². The predicted octanol–water partition coefficient (Wildman–Crippen LogP) is 5.87. The molecule has 0 radical (unpaired) electrons. The first-order chi connectivity index (χ1) is 15.9. The molecule has 2 aromatic carbocycles. The third-order valence-electron chi connectivity index (χ3n) is 4.97. The van der Waals surface area contributed by atoms with Crippen LogP contribution in [-0.2, 0) is 11.3 Å². The molecule has 0 aliphatic carbocycles. The van der Waals surface area contributed by atoms with Gasteiger partial charge in [0.15, 0.2) is 5.69 Å². The SMILES string of the molecule is COc1ccc(-c2ccc(/C=C/CC(C)C)cc2C(=O)OCc2ccccc2)c(C(=O)O)n1. The van der Waals surface area contributed by atoms with E-state index in [2.05, 4.69) is 24.9 Å².